The maximum atomic E-state index is 11.1. The van der Waals surface area contributed by atoms with Crippen LogP contribution in [0.25, 0.3) is 0 Å². The van der Waals surface area contributed by atoms with Crippen LogP contribution >= 0.6 is 11.9 Å². The van der Waals surface area contributed by atoms with Crippen molar-refractivity contribution in [1.29, 1.82) is 0 Å². The van der Waals surface area contributed by atoms with Crippen LogP contribution in [0.5, 0.6) is 0 Å². The van der Waals surface area contributed by atoms with E-state index in [-0.39, 0.29) is 0 Å². The lowest BCUT2D eigenvalue weighted by Crippen LogP contribution is -2.14. The summed E-state index contributed by atoms with van der Waals surface area (Å²) in [6.07, 6.45) is -6.18. The summed E-state index contributed by atoms with van der Waals surface area (Å²) in [5, 5.41) is 0. The fourth-order valence-corrected chi connectivity index (χ4v) is 0.245. The summed E-state index contributed by atoms with van der Waals surface area (Å²) in [7, 11) is 0. The summed E-state index contributed by atoms with van der Waals surface area (Å²) in [6, 6.07) is 0. The largest absolute Gasteiger partial charge is 0.399 e. The molecule has 0 heterocycles. The predicted octanol–water partition coefficient (Wildman–Crippen LogP) is 1.64. The number of carbonyl (C=O) groups is 1. The number of rotatable bonds is 1. The first-order valence-electron chi connectivity index (χ1n) is 1.84. The normalized spacial score (nSPS) is 11.1. The van der Waals surface area contributed by atoms with Gasteiger partial charge in [-0.3, -0.25) is 4.79 Å². The van der Waals surface area contributed by atoms with Crippen LogP contribution in [0.2, 0.25) is 0 Å². The second-order valence-corrected chi connectivity index (χ2v) is 1.40. The third-order valence-corrected chi connectivity index (χ3v) is 0.603. The van der Waals surface area contributed by atoms with Gasteiger partial charge in [-0.05, 0) is 0 Å². The molecule has 0 unspecified atom stereocenters. The van der Waals surface area contributed by atoms with Gasteiger partial charge in [0.25, 0.3) is 0 Å². The van der Waals surface area contributed by atoms with Crippen molar-refractivity contribution in [3.05, 3.63) is 0 Å². The zero-order chi connectivity index (χ0) is 7.49. The van der Waals surface area contributed by atoms with Crippen molar-refractivity contribution in [2.45, 2.75) is 12.6 Å². The summed E-state index contributed by atoms with van der Waals surface area (Å²) in [5.74, 6) is -1.50. The van der Waals surface area contributed by atoms with E-state index >= 15 is 0 Å². The number of hydrogen-bond acceptors (Lipinski definition) is 2. The summed E-state index contributed by atoms with van der Waals surface area (Å²) < 4.78 is 36.6. The quantitative estimate of drug-likeness (QED) is 0.586. The van der Waals surface area contributed by atoms with Gasteiger partial charge in [0, 0.05) is 0 Å². The van der Waals surface area contributed by atoms with Gasteiger partial charge in [-0.15, -0.1) is 0 Å². The maximum Gasteiger partial charge on any atom is 0.399 e. The average Bonchev–Trinajstić information content (AvgIpc) is 1.62. The fourth-order valence-electron chi connectivity index (χ4n) is 0.191. The van der Waals surface area contributed by atoms with Crippen LogP contribution in [-0.4, -0.2) is 12.1 Å². The van der Waals surface area contributed by atoms with Gasteiger partial charge in [-0.1, -0.05) is 0 Å². The number of halogens is 4. The fraction of sp³-hybridized carbons (Fsp3) is 0.667. The zero-order valence-corrected chi connectivity index (χ0v) is 4.79. The average molecular weight is 162 g/mol. The summed E-state index contributed by atoms with van der Waals surface area (Å²) >= 11 is 4.31. The molecule has 0 spiro atoms. The van der Waals surface area contributed by atoms with Gasteiger partial charge >= 0.3 is 12.1 Å². The molecule has 54 valence electrons. The Hall–Kier alpha value is -0.450. The number of carbonyl (C=O) groups excluding carboxylic acids is 1. The molecule has 0 aromatic heterocycles. The molecule has 0 saturated heterocycles. The minimum absolute atomic E-state index is 1.50. The van der Waals surface area contributed by atoms with Crippen LogP contribution in [0.15, 0.2) is 0 Å². The Kier molecular flexibility index (Phi) is 2.76. The Morgan fingerprint density at radius 1 is 1.56 bits per heavy atom. The smallest absolute Gasteiger partial charge is 0.347 e. The molecule has 0 atom stereocenters. The first-order valence-corrected chi connectivity index (χ1v) is 2.15. The highest BCUT2D eigenvalue weighted by Gasteiger charge is 2.32. The molecule has 0 aliphatic carbocycles. The second kappa shape index (κ2) is 2.91. The number of hydrogen-bond donors (Lipinski definition) is 0. The molecule has 0 aromatic carbocycles. The van der Waals surface area contributed by atoms with E-state index in [1.807, 2.05) is 0 Å². The molecule has 0 aromatic rings. The topological polar surface area (TPSA) is 26.3 Å². The molecule has 0 saturated carbocycles. The van der Waals surface area contributed by atoms with Crippen molar-refractivity contribution < 1.29 is 22.3 Å². The molecule has 0 fully saturated rings. The van der Waals surface area contributed by atoms with E-state index in [0.29, 0.717) is 0 Å². The molecular formula is C3H2ClF3O2. The maximum absolute atomic E-state index is 11.1. The summed E-state index contributed by atoms with van der Waals surface area (Å²) in [6.45, 7) is 0. The van der Waals surface area contributed by atoms with E-state index < -0.39 is 18.6 Å². The van der Waals surface area contributed by atoms with Gasteiger partial charge in [0.1, 0.15) is 18.3 Å². The SMILES string of the molecule is O=C(CC(F)(F)F)OCl. The van der Waals surface area contributed by atoms with E-state index in [1.165, 1.54) is 0 Å². The van der Waals surface area contributed by atoms with E-state index in [9.17, 15) is 18.0 Å². The lowest BCUT2D eigenvalue weighted by molar-refractivity contribution is -0.163. The lowest BCUT2D eigenvalue weighted by Gasteiger charge is -2.00. The van der Waals surface area contributed by atoms with Crippen molar-refractivity contribution in [3.8, 4) is 0 Å². The molecule has 6 heteroatoms. The highest BCUT2D eigenvalue weighted by molar-refractivity contribution is 6.13. The molecule has 0 bridgehead atoms. The van der Waals surface area contributed by atoms with E-state index in [4.69, 9.17) is 0 Å². The van der Waals surface area contributed by atoms with Gasteiger partial charge in [-0.2, -0.15) is 13.2 Å². The third-order valence-electron chi connectivity index (χ3n) is 0.431. The van der Waals surface area contributed by atoms with Crippen molar-refractivity contribution >= 4 is 17.8 Å². The molecule has 0 aliphatic rings. The Labute approximate surface area is 53.7 Å². The van der Waals surface area contributed by atoms with E-state index in [0.717, 1.165) is 0 Å². The molecule has 0 aliphatic heterocycles. The standard InChI is InChI=1S/C3H2ClF3O2/c4-9-2(8)1-3(5,6)7/h1H2. The van der Waals surface area contributed by atoms with Gasteiger partial charge in [0.2, 0.25) is 0 Å². The molecule has 0 amide bonds. The third kappa shape index (κ3) is 5.42. The zero-order valence-electron chi connectivity index (χ0n) is 4.04. The van der Waals surface area contributed by atoms with Crippen LogP contribution in [0.3, 0.4) is 0 Å². The Bertz CT molecular complexity index is 110. The first kappa shape index (κ1) is 8.55. The van der Waals surface area contributed by atoms with E-state index in [1.54, 1.807) is 0 Å². The van der Waals surface area contributed by atoms with Crippen LogP contribution in [0.1, 0.15) is 6.42 Å². The molecule has 2 nitrogen and oxygen atoms in total. The second-order valence-electron chi connectivity index (χ2n) is 1.24. The van der Waals surface area contributed by atoms with Crippen LogP contribution < -0.4 is 0 Å². The molecule has 0 N–H and O–H groups in total. The highest BCUT2D eigenvalue weighted by Crippen LogP contribution is 2.19. The van der Waals surface area contributed by atoms with Crippen LogP contribution in [0, 0.1) is 0 Å². The lowest BCUT2D eigenvalue weighted by atomic mass is 10.4. The Morgan fingerprint density at radius 3 is 2.11 bits per heavy atom. The van der Waals surface area contributed by atoms with E-state index in [2.05, 4.69) is 16.2 Å². The van der Waals surface area contributed by atoms with Gasteiger partial charge in [0.15, 0.2) is 0 Å². The van der Waals surface area contributed by atoms with Gasteiger partial charge < -0.3 is 4.29 Å². The van der Waals surface area contributed by atoms with Crippen LogP contribution in [0.4, 0.5) is 13.2 Å². The minimum Gasteiger partial charge on any atom is -0.347 e. The van der Waals surface area contributed by atoms with Crippen molar-refractivity contribution in [1.82, 2.24) is 0 Å². The first-order chi connectivity index (χ1) is 3.95. The molecule has 0 radical (unpaired) electrons. The van der Waals surface area contributed by atoms with Crippen molar-refractivity contribution in [2.75, 3.05) is 0 Å². The van der Waals surface area contributed by atoms with Crippen molar-refractivity contribution in [3.63, 3.8) is 0 Å². The molecule has 0 rings (SSSR count). The van der Waals surface area contributed by atoms with Crippen LogP contribution in [-0.2, 0) is 9.08 Å². The summed E-state index contributed by atoms with van der Waals surface area (Å²) in [4.78, 5) is 9.75. The minimum atomic E-state index is -4.54. The highest BCUT2D eigenvalue weighted by atomic mass is 35.5. The Morgan fingerprint density at radius 2 is 2.00 bits per heavy atom. The Balaban J connectivity index is 3.60. The van der Waals surface area contributed by atoms with Gasteiger partial charge in [-0.25, -0.2) is 0 Å². The molecular weight excluding hydrogens is 160 g/mol. The predicted molar refractivity (Wildman–Crippen MR) is 22.6 cm³/mol. The summed E-state index contributed by atoms with van der Waals surface area (Å²) in [5.41, 5.74) is 0. The molecule has 9 heavy (non-hydrogen) atoms. The monoisotopic (exact) mass is 162 g/mol. The number of alkyl halides is 3. The van der Waals surface area contributed by atoms with Gasteiger partial charge in [0.05, 0.1) is 0 Å². The van der Waals surface area contributed by atoms with Crippen molar-refractivity contribution in [2.24, 2.45) is 0 Å².